The number of benzene rings is 1. The van der Waals surface area contributed by atoms with E-state index in [1.807, 2.05) is 6.07 Å². The molecular formula is C13H21NO. The summed E-state index contributed by atoms with van der Waals surface area (Å²) in [4.78, 5) is 0. The van der Waals surface area contributed by atoms with Crippen LogP contribution in [0.3, 0.4) is 0 Å². The van der Waals surface area contributed by atoms with Crippen molar-refractivity contribution in [1.29, 1.82) is 0 Å². The maximum Gasteiger partial charge on any atom is 0.119 e. The maximum atomic E-state index is 5.65. The smallest absolute Gasteiger partial charge is 0.119 e. The van der Waals surface area contributed by atoms with Gasteiger partial charge in [-0.05, 0) is 49.1 Å². The molecule has 84 valence electrons. The zero-order valence-electron chi connectivity index (χ0n) is 9.92. The fraction of sp³-hybridized carbons (Fsp3) is 0.538. The number of ether oxygens (including phenoxy) is 1. The van der Waals surface area contributed by atoms with Crippen molar-refractivity contribution in [2.45, 2.75) is 27.2 Å². The Balaban J connectivity index is 2.64. The summed E-state index contributed by atoms with van der Waals surface area (Å²) >= 11 is 0. The molecule has 0 atom stereocenters. The molecule has 15 heavy (non-hydrogen) atoms. The summed E-state index contributed by atoms with van der Waals surface area (Å²) in [5, 5.41) is 0. The molecule has 1 rings (SSSR count). The highest BCUT2D eigenvalue weighted by atomic mass is 16.5. The van der Waals surface area contributed by atoms with Crippen LogP contribution in [-0.4, -0.2) is 13.2 Å². The van der Waals surface area contributed by atoms with Crippen molar-refractivity contribution in [2.24, 2.45) is 11.7 Å². The van der Waals surface area contributed by atoms with Crippen molar-refractivity contribution in [2.75, 3.05) is 13.2 Å². The first kappa shape index (κ1) is 12.1. The van der Waals surface area contributed by atoms with E-state index in [1.165, 1.54) is 11.1 Å². The molecule has 0 saturated carbocycles. The topological polar surface area (TPSA) is 35.2 Å². The Labute approximate surface area is 92.4 Å². The van der Waals surface area contributed by atoms with Gasteiger partial charge in [0.05, 0.1) is 6.61 Å². The Morgan fingerprint density at radius 2 is 2.07 bits per heavy atom. The summed E-state index contributed by atoms with van der Waals surface area (Å²) < 4.78 is 5.65. The van der Waals surface area contributed by atoms with Crippen molar-refractivity contribution >= 4 is 0 Å². The van der Waals surface area contributed by atoms with Crippen LogP contribution in [0.1, 0.15) is 25.0 Å². The van der Waals surface area contributed by atoms with Crippen LogP contribution in [0.5, 0.6) is 5.75 Å². The molecule has 0 bridgehead atoms. The summed E-state index contributed by atoms with van der Waals surface area (Å²) in [6.07, 6.45) is 0.941. The van der Waals surface area contributed by atoms with E-state index >= 15 is 0 Å². The number of hydrogen-bond donors (Lipinski definition) is 1. The van der Waals surface area contributed by atoms with Crippen LogP contribution >= 0.6 is 0 Å². The Morgan fingerprint density at radius 3 is 2.60 bits per heavy atom. The lowest BCUT2D eigenvalue weighted by Gasteiger charge is -2.11. The van der Waals surface area contributed by atoms with Gasteiger partial charge in [0.25, 0.3) is 0 Å². The fourth-order valence-corrected chi connectivity index (χ4v) is 1.46. The second-order valence-corrected chi connectivity index (χ2v) is 4.33. The summed E-state index contributed by atoms with van der Waals surface area (Å²) in [7, 11) is 0. The molecule has 2 heteroatoms. The van der Waals surface area contributed by atoms with Gasteiger partial charge < -0.3 is 10.5 Å². The quantitative estimate of drug-likeness (QED) is 0.805. The van der Waals surface area contributed by atoms with Crippen molar-refractivity contribution in [3.8, 4) is 5.75 Å². The van der Waals surface area contributed by atoms with Gasteiger partial charge in [-0.1, -0.05) is 19.9 Å². The monoisotopic (exact) mass is 207 g/mol. The van der Waals surface area contributed by atoms with Crippen LogP contribution in [0, 0.1) is 12.8 Å². The number of hydrogen-bond acceptors (Lipinski definition) is 2. The normalized spacial score (nSPS) is 10.7. The van der Waals surface area contributed by atoms with Gasteiger partial charge >= 0.3 is 0 Å². The highest BCUT2D eigenvalue weighted by Crippen LogP contribution is 2.18. The Hall–Kier alpha value is -1.02. The first-order chi connectivity index (χ1) is 7.13. The molecule has 0 unspecified atom stereocenters. The van der Waals surface area contributed by atoms with Crippen molar-refractivity contribution in [3.63, 3.8) is 0 Å². The van der Waals surface area contributed by atoms with Gasteiger partial charge in [0, 0.05) is 0 Å². The molecule has 0 heterocycles. The van der Waals surface area contributed by atoms with Gasteiger partial charge in [-0.2, -0.15) is 0 Å². The van der Waals surface area contributed by atoms with Crippen LogP contribution in [0.15, 0.2) is 18.2 Å². The molecule has 1 aromatic carbocycles. The number of rotatable bonds is 5. The highest BCUT2D eigenvalue weighted by Gasteiger charge is 2.01. The number of aryl methyl sites for hydroxylation is 1. The molecule has 0 aliphatic carbocycles. The van der Waals surface area contributed by atoms with E-state index in [-0.39, 0.29) is 0 Å². The first-order valence-corrected chi connectivity index (χ1v) is 5.56. The molecule has 0 spiro atoms. The van der Waals surface area contributed by atoms with Gasteiger partial charge in [-0.25, -0.2) is 0 Å². The third-order valence-corrected chi connectivity index (χ3v) is 2.31. The zero-order valence-corrected chi connectivity index (χ0v) is 9.92. The van der Waals surface area contributed by atoms with Gasteiger partial charge in [0.15, 0.2) is 0 Å². The van der Waals surface area contributed by atoms with E-state index in [4.69, 9.17) is 10.5 Å². The minimum Gasteiger partial charge on any atom is -0.493 e. The second kappa shape index (κ2) is 5.76. The fourth-order valence-electron chi connectivity index (χ4n) is 1.46. The van der Waals surface area contributed by atoms with E-state index in [0.717, 1.165) is 18.8 Å². The largest absolute Gasteiger partial charge is 0.493 e. The summed E-state index contributed by atoms with van der Waals surface area (Å²) in [5.41, 5.74) is 8.11. The molecule has 0 aliphatic heterocycles. The van der Waals surface area contributed by atoms with Crippen LogP contribution in [-0.2, 0) is 6.42 Å². The average Bonchev–Trinajstić information content (AvgIpc) is 2.19. The predicted molar refractivity (Wildman–Crippen MR) is 64.3 cm³/mol. The third kappa shape index (κ3) is 3.92. The Bertz CT molecular complexity index is 307. The molecular weight excluding hydrogens is 186 g/mol. The lowest BCUT2D eigenvalue weighted by Crippen LogP contribution is -2.06. The van der Waals surface area contributed by atoms with Crippen molar-refractivity contribution in [1.82, 2.24) is 0 Å². The van der Waals surface area contributed by atoms with Crippen molar-refractivity contribution < 1.29 is 4.74 Å². The summed E-state index contributed by atoms with van der Waals surface area (Å²) in [6.45, 7) is 7.88. The van der Waals surface area contributed by atoms with Crippen LogP contribution in [0.2, 0.25) is 0 Å². The van der Waals surface area contributed by atoms with Crippen molar-refractivity contribution in [3.05, 3.63) is 29.3 Å². The van der Waals surface area contributed by atoms with Gasteiger partial charge in [-0.15, -0.1) is 0 Å². The minimum atomic E-state index is 0.564. The lowest BCUT2D eigenvalue weighted by atomic mass is 10.1. The maximum absolute atomic E-state index is 5.65. The molecule has 1 aromatic rings. The van der Waals surface area contributed by atoms with E-state index in [2.05, 4.69) is 32.9 Å². The molecule has 0 fully saturated rings. The van der Waals surface area contributed by atoms with E-state index in [9.17, 15) is 0 Å². The van der Waals surface area contributed by atoms with Crippen LogP contribution in [0.25, 0.3) is 0 Å². The SMILES string of the molecule is Cc1cc(OCC(C)C)ccc1CCN. The molecule has 2 nitrogen and oxygen atoms in total. The Morgan fingerprint density at radius 1 is 1.33 bits per heavy atom. The standard InChI is InChI=1S/C13H21NO/c1-10(2)9-15-13-5-4-12(6-7-14)11(3)8-13/h4-5,8,10H,6-7,9,14H2,1-3H3. The predicted octanol–water partition coefficient (Wildman–Crippen LogP) is 2.53. The molecule has 0 amide bonds. The van der Waals surface area contributed by atoms with Gasteiger partial charge in [0.1, 0.15) is 5.75 Å². The molecule has 0 aliphatic rings. The van der Waals surface area contributed by atoms with Gasteiger partial charge in [0.2, 0.25) is 0 Å². The first-order valence-electron chi connectivity index (χ1n) is 5.56. The van der Waals surface area contributed by atoms with Crippen LogP contribution < -0.4 is 10.5 Å². The molecule has 0 saturated heterocycles. The summed E-state index contributed by atoms with van der Waals surface area (Å²) in [6, 6.07) is 6.23. The average molecular weight is 207 g/mol. The zero-order chi connectivity index (χ0) is 11.3. The lowest BCUT2D eigenvalue weighted by molar-refractivity contribution is 0.271. The molecule has 0 radical (unpaired) electrons. The van der Waals surface area contributed by atoms with E-state index in [1.54, 1.807) is 0 Å². The highest BCUT2D eigenvalue weighted by molar-refractivity contribution is 5.34. The Kier molecular flexibility index (Phi) is 4.63. The van der Waals surface area contributed by atoms with E-state index < -0.39 is 0 Å². The third-order valence-electron chi connectivity index (χ3n) is 2.31. The van der Waals surface area contributed by atoms with E-state index in [0.29, 0.717) is 12.5 Å². The molecule has 2 N–H and O–H groups in total. The summed E-state index contributed by atoms with van der Waals surface area (Å²) in [5.74, 6) is 1.52. The second-order valence-electron chi connectivity index (χ2n) is 4.33. The van der Waals surface area contributed by atoms with Gasteiger partial charge in [-0.3, -0.25) is 0 Å². The number of nitrogens with two attached hydrogens (primary N) is 1. The minimum absolute atomic E-state index is 0.564. The van der Waals surface area contributed by atoms with Crippen LogP contribution in [0.4, 0.5) is 0 Å². The molecule has 0 aromatic heterocycles.